The average Bonchev–Trinajstić information content (AvgIpc) is 3.41. The molecule has 0 aliphatic heterocycles. The second-order valence-corrected chi connectivity index (χ2v) is 11.2. The van der Waals surface area contributed by atoms with Crippen LogP contribution in [0.1, 0.15) is 0 Å². The highest BCUT2D eigenvalue weighted by molar-refractivity contribution is 7.25. The van der Waals surface area contributed by atoms with Gasteiger partial charge in [-0.05, 0) is 40.1 Å². The summed E-state index contributed by atoms with van der Waals surface area (Å²) < 4.78 is 2.59. The molecule has 2 aromatic heterocycles. The Bertz CT molecular complexity index is 2180. The summed E-state index contributed by atoms with van der Waals surface area (Å²) in [7, 11) is 0. The van der Waals surface area contributed by atoms with E-state index in [1.165, 1.54) is 31.1 Å². The lowest BCUT2D eigenvalue weighted by molar-refractivity contribution is 1.08. The Labute approximate surface area is 241 Å². The van der Waals surface area contributed by atoms with Gasteiger partial charge in [0.1, 0.15) is 0 Å². The molecule has 2 heterocycles. The predicted molar refractivity (Wildman–Crippen MR) is 172 cm³/mol. The number of fused-ring (bicyclic) bond motifs is 4. The number of benzene rings is 6. The highest BCUT2D eigenvalue weighted by Gasteiger charge is 2.16. The molecule has 0 bridgehead atoms. The fourth-order valence-electron chi connectivity index (χ4n) is 5.48. The van der Waals surface area contributed by atoms with Crippen molar-refractivity contribution in [3.05, 3.63) is 140 Å². The van der Waals surface area contributed by atoms with Crippen molar-refractivity contribution in [1.82, 2.24) is 15.0 Å². The third-order valence-corrected chi connectivity index (χ3v) is 8.67. The molecule has 0 aliphatic rings. The minimum Gasteiger partial charge on any atom is -0.208 e. The van der Waals surface area contributed by atoms with E-state index >= 15 is 0 Å². The quantitative estimate of drug-likeness (QED) is 0.222. The first-order chi connectivity index (χ1) is 20.3. The number of thiophene rings is 1. The summed E-state index contributed by atoms with van der Waals surface area (Å²) in [5.41, 5.74) is 5.26. The first-order valence-electron chi connectivity index (χ1n) is 13.6. The normalized spacial score (nSPS) is 11.4. The summed E-state index contributed by atoms with van der Waals surface area (Å²) in [5, 5.41) is 4.86. The van der Waals surface area contributed by atoms with E-state index < -0.39 is 0 Å². The number of hydrogen-bond donors (Lipinski definition) is 0. The van der Waals surface area contributed by atoms with Crippen LogP contribution in [-0.4, -0.2) is 15.0 Å². The van der Waals surface area contributed by atoms with Gasteiger partial charge in [0.25, 0.3) is 0 Å². The Balaban J connectivity index is 1.32. The fourth-order valence-corrected chi connectivity index (χ4v) is 6.61. The summed E-state index contributed by atoms with van der Waals surface area (Å²) >= 11 is 1.84. The minimum absolute atomic E-state index is 0.660. The fraction of sp³-hybridized carbons (Fsp3) is 0. The van der Waals surface area contributed by atoms with Crippen molar-refractivity contribution in [1.29, 1.82) is 0 Å². The molecule has 0 atom stereocenters. The SMILES string of the molecule is c1ccc(-c2ccc(-c3nc(-c4ccccc4)nc(-c4cccc5cc6sc7ccccc7c6cc45)n3)cc2)cc1. The van der Waals surface area contributed by atoms with E-state index in [9.17, 15) is 0 Å². The second kappa shape index (κ2) is 9.77. The van der Waals surface area contributed by atoms with Crippen molar-refractivity contribution in [2.75, 3.05) is 0 Å². The first kappa shape index (κ1) is 23.7. The van der Waals surface area contributed by atoms with Gasteiger partial charge in [-0.1, -0.05) is 121 Å². The van der Waals surface area contributed by atoms with Crippen LogP contribution in [0.5, 0.6) is 0 Å². The molecule has 0 fully saturated rings. The molecule has 0 unspecified atom stereocenters. The lowest BCUT2D eigenvalue weighted by Crippen LogP contribution is -2.00. The number of rotatable bonds is 4. The van der Waals surface area contributed by atoms with Crippen LogP contribution in [0.3, 0.4) is 0 Å². The van der Waals surface area contributed by atoms with E-state index in [2.05, 4.69) is 103 Å². The molecule has 0 saturated carbocycles. The van der Waals surface area contributed by atoms with Crippen molar-refractivity contribution < 1.29 is 0 Å². The molecule has 4 heteroatoms. The van der Waals surface area contributed by atoms with Crippen molar-refractivity contribution in [3.8, 4) is 45.3 Å². The van der Waals surface area contributed by atoms with Crippen molar-refractivity contribution in [2.45, 2.75) is 0 Å². The van der Waals surface area contributed by atoms with Crippen molar-refractivity contribution >= 4 is 42.3 Å². The van der Waals surface area contributed by atoms with Gasteiger partial charge in [0, 0.05) is 36.9 Å². The first-order valence-corrected chi connectivity index (χ1v) is 14.4. The lowest BCUT2D eigenvalue weighted by Gasteiger charge is -2.11. The third kappa shape index (κ3) is 4.26. The average molecular weight is 542 g/mol. The molecular formula is C37H23N3S. The molecule has 0 N–H and O–H groups in total. The smallest absolute Gasteiger partial charge is 0.164 e. The monoisotopic (exact) mass is 541 g/mol. The van der Waals surface area contributed by atoms with E-state index in [1.807, 2.05) is 47.7 Å². The van der Waals surface area contributed by atoms with Crippen LogP contribution in [-0.2, 0) is 0 Å². The van der Waals surface area contributed by atoms with Gasteiger partial charge in [-0.3, -0.25) is 0 Å². The number of aromatic nitrogens is 3. The predicted octanol–water partition coefficient (Wildman–Crippen LogP) is 10.1. The van der Waals surface area contributed by atoms with Gasteiger partial charge in [-0.25, -0.2) is 15.0 Å². The maximum absolute atomic E-state index is 5.06. The summed E-state index contributed by atoms with van der Waals surface area (Å²) in [6.07, 6.45) is 0. The maximum atomic E-state index is 5.06. The molecule has 6 aromatic carbocycles. The van der Waals surface area contributed by atoms with Crippen LogP contribution in [0.25, 0.3) is 76.2 Å². The number of hydrogen-bond acceptors (Lipinski definition) is 4. The zero-order valence-corrected chi connectivity index (χ0v) is 22.8. The molecule has 192 valence electrons. The zero-order valence-electron chi connectivity index (χ0n) is 22.0. The Morgan fingerprint density at radius 2 is 0.951 bits per heavy atom. The van der Waals surface area contributed by atoms with Crippen LogP contribution in [0.4, 0.5) is 0 Å². The van der Waals surface area contributed by atoms with Gasteiger partial charge in [0.15, 0.2) is 17.5 Å². The van der Waals surface area contributed by atoms with Gasteiger partial charge < -0.3 is 0 Å². The van der Waals surface area contributed by atoms with Crippen molar-refractivity contribution in [2.24, 2.45) is 0 Å². The van der Waals surface area contributed by atoms with E-state index in [0.29, 0.717) is 17.5 Å². The van der Waals surface area contributed by atoms with Crippen LogP contribution in [0, 0.1) is 0 Å². The van der Waals surface area contributed by atoms with Crippen LogP contribution < -0.4 is 0 Å². The second-order valence-electron chi connectivity index (χ2n) is 10.1. The van der Waals surface area contributed by atoms with E-state index in [-0.39, 0.29) is 0 Å². The Hall–Kier alpha value is -5.19. The summed E-state index contributed by atoms with van der Waals surface area (Å²) in [6, 6.07) is 48.6. The van der Waals surface area contributed by atoms with Crippen molar-refractivity contribution in [3.63, 3.8) is 0 Å². The van der Waals surface area contributed by atoms with E-state index in [1.54, 1.807) is 0 Å². The molecular weight excluding hydrogens is 518 g/mol. The van der Waals surface area contributed by atoms with Gasteiger partial charge in [-0.2, -0.15) is 0 Å². The molecule has 0 amide bonds. The molecule has 8 aromatic rings. The Morgan fingerprint density at radius 1 is 0.366 bits per heavy atom. The zero-order chi connectivity index (χ0) is 27.2. The minimum atomic E-state index is 0.660. The third-order valence-electron chi connectivity index (χ3n) is 7.54. The standard InChI is InChI=1S/C37H23N3S/c1-3-10-24(11-4-1)25-18-20-27(21-19-25)36-38-35(26-12-5-2-6-13-26)39-37(40-36)30-16-9-14-28-22-34-32(23-31(28)30)29-15-7-8-17-33(29)41-34/h1-23H. The molecule has 0 saturated heterocycles. The molecule has 0 aliphatic carbocycles. The van der Waals surface area contributed by atoms with Gasteiger partial charge >= 0.3 is 0 Å². The Morgan fingerprint density at radius 3 is 1.71 bits per heavy atom. The molecule has 0 spiro atoms. The van der Waals surface area contributed by atoms with Gasteiger partial charge in [0.05, 0.1) is 0 Å². The van der Waals surface area contributed by atoms with E-state index in [4.69, 9.17) is 15.0 Å². The summed E-state index contributed by atoms with van der Waals surface area (Å²) in [6.45, 7) is 0. The lowest BCUT2D eigenvalue weighted by atomic mass is 10.0. The molecule has 41 heavy (non-hydrogen) atoms. The van der Waals surface area contributed by atoms with Gasteiger partial charge in [0.2, 0.25) is 0 Å². The van der Waals surface area contributed by atoms with Crippen LogP contribution in [0.15, 0.2) is 140 Å². The molecule has 3 nitrogen and oxygen atoms in total. The molecule has 8 rings (SSSR count). The maximum Gasteiger partial charge on any atom is 0.164 e. The van der Waals surface area contributed by atoms with Crippen LogP contribution in [0.2, 0.25) is 0 Å². The largest absolute Gasteiger partial charge is 0.208 e. The summed E-state index contributed by atoms with van der Waals surface area (Å²) in [5.74, 6) is 2.00. The van der Waals surface area contributed by atoms with Crippen LogP contribution >= 0.6 is 11.3 Å². The topological polar surface area (TPSA) is 38.7 Å². The van der Waals surface area contributed by atoms with E-state index in [0.717, 1.165) is 27.6 Å². The Kier molecular flexibility index (Phi) is 5.64. The van der Waals surface area contributed by atoms with Gasteiger partial charge in [-0.15, -0.1) is 11.3 Å². The molecule has 0 radical (unpaired) electrons. The highest BCUT2D eigenvalue weighted by atomic mass is 32.1. The highest BCUT2D eigenvalue weighted by Crippen LogP contribution is 2.39. The number of nitrogens with zero attached hydrogens (tertiary/aromatic N) is 3. The summed E-state index contributed by atoms with van der Waals surface area (Å²) in [4.78, 5) is 15.0.